The number of hydrogen-bond donors (Lipinski definition) is 1. The Balaban J connectivity index is 1.56. The fourth-order valence-electron chi connectivity index (χ4n) is 4.99. The van der Waals surface area contributed by atoms with Gasteiger partial charge in [0.2, 0.25) is 0 Å². The molecule has 1 aliphatic carbocycles. The number of carbonyl (C=O) groups is 2. The number of nitrogens with one attached hydrogen (secondary N) is 1. The number of aromatic nitrogens is 1. The van der Waals surface area contributed by atoms with E-state index in [1.165, 1.54) is 6.42 Å². The van der Waals surface area contributed by atoms with E-state index in [9.17, 15) is 9.59 Å². The first-order valence-electron chi connectivity index (χ1n) is 11.4. The Bertz CT molecular complexity index is 1230. The highest BCUT2D eigenvalue weighted by molar-refractivity contribution is 6.16. The number of hydrogen-bond acceptors (Lipinski definition) is 5. The summed E-state index contributed by atoms with van der Waals surface area (Å²) in [6, 6.07) is 12.9. The molecule has 0 atom stereocenters. The van der Waals surface area contributed by atoms with E-state index in [2.05, 4.69) is 10.3 Å². The predicted molar refractivity (Wildman–Crippen MR) is 126 cm³/mol. The molecule has 3 aromatic rings. The SMILES string of the molecule is COc1ccc(NC(=O)c2c3c(nc4ccccc24)C(=O)N(C2CCCCC2)C3)c(OC)c1. The van der Waals surface area contributed by atoms with Gasteiger partial charge in [-0.2, -0.15) is 0 Å². The Morgan fingerprint density at radius 2 is 1.85 bits per heavy atom. The van der Waals surface area contributed by atoms with Gasteiger partial charge in [0.1, 0.15) is 17.2 Å². The Labute approximate surface area is 192 Å². The molecule has 1 N–H and O–H groups in total. The molecule has 1 aliphatic heterocycles. The van der Waals surface area contributed by atoms with Crippen LogP contribution >= 0.6 is 0 Å². The van der Waals surface area contributed by atoms with E-state index in [4.69, 9.17) is 9.47 Å². The summed E-state index contributed by atoms with van der Waals surface area (Å²) in [5.41, 5.74) is 2.77. The normalized spacial score (nSPS) is 16.1. The van der Waals surface area contributed by atoms with E-state index in [1.807, 2.05) is 29.2 Å². The summed E-state index contributed by atoms with van der Waals surface area (Å²) in [5, 5.41) is 3.72. The lowest BCUT2D eigenvalue weighted by atomic mass is 9.94. The number of carbonyl (C=O) groups excluding carboxylic acids is 2. The van der Waals surface area contributed by atoms with Crippen molar-refractivity contribution < 1.29 is 19.1 Å². The number of anilines is 1. The average Bonchev–Trinajstić information content (AvgIpc) is 3.19. The number of rotatable bonds is 5. The van der Waals surface area contributed by atoms with Gasteiger partial charge >= 0.3 is 0 Å². The minimum absolute atomic E-state index is 0.0706. The molecule has 5 rings (SSSR count). The van der Waals surface area contributed by atoms with Crippen LogP contribution in [0, 0.1) is 0 Å². The highest BCUT2D eigenvalue weighted by atomic mass is 16.5. The Hall–Kier alpha value is -3.61. The van der Waals surface area contributed by atoms with Crippen LogP contribution in [-0.2, 0) is 6.54 Å². The molecule has 1 aromatic heterocycles. The fourth-order valence-corrected chi connectivity index (χ4v) is 4.99. The van der Waals surface area contributed by atoms with Gasteiger partial charge in [0.05, 0.1) is 31.0 Å². The van der Waals surface area contributed by atoms with Crippen LogP contribution < -0.4 is 14.8 Å². The fraction of sp³-hybridized carbons (Fsp3) is 0.346. The van der Waals surface area contributed by atoms with E-state index in [0.717, 1.165) is 31.1 Å². The van der Waals surface area contributed by atoms with E-state index >= 15 is 0 Å². The van der Waals surface area contributed by atoms with Gasteiger partial charge in [-0.1, -0.05) is 37.5 Å². The number of pyridine rings is 1. The molecule has 33 heavy (non-hydrogen) atoms. The van der Waals surface area contributed by atoms with E-state index < -0.39 is 0 Å². The molecular formula is C26H27N3O4. The van der Waals surface area contributed by atoms with Crippen molar-refractivity contribution in [3.63, 3.8) is 0 Å². The molecule has 2 aliphatic rings. The number of methoxy groups -OCH3 is 2. The molecule has 2 aromatic carbocycles. The highest BCUT2D eigenvalue weighted by Crippen LogP contribution is 2.36. The lowest BCUT2D eigenvalue weighted by molar-refractivity contribution is 0.0655. The van der Waals surface area contributed by atoms with Crippen LogP contribution in [0.1, 0.15) is 58.5 Å². The maximum Gasteiger partial charge on any atom is 0.273 e. The summed E-state index contributed by atoms with van der Waals surface area (Å²) in [6.45, 7) is 0.416. The maximum atomic E-state index is 13.6. The van der Waals surface area contributed by atoms with E-state index in [-0.39, 0.29) is 17.9 Å². The molecular weight excluding hydrogens is 418 g/mol. The summed E-state index contributed by atoms with van der Waals surface area (Å²) < 4.78 is 10.7. The van der Waals surface area contributed by atoms with Gasteiger partial charge in [0.25, 0.3) is 11.8 Å². The lowest BCUT2D eigenvalue weighted by Crippen LogP contribution is -2.37. The molecule has 0 spiro atoms. The standard InChI is InChI=1S/C26H27N3O4/c1-32-17-12-13-21(22(14-17)33-2)28-25(30)23-18-10-6-7-11-20(18)27-24-19(23)15-29(26(24)31)16-8-4-3-5-9-16/h6-7,10-14,16H,3-5,8-9,15H2,1-2H3,(H,28,30). The largest absolute Gasteiger partial charge is 0.497 e. The van der Waals surface area contributed by atoms with Crippen LogP contribution in [-0.4, -0.2) is 42.0 Å². The molecule has 0 radical (unpaired) electrons. The molecule has 0 unspecified atom stereocenters. The third kappa shape index (κ3) is 3.77. The van der Waals surface area contributed by atoms with Gasteiger partial charge in [-0.05, 0) is 31.0 Å². The minimum atomic E-state index is -0.286. The Morgan fingerprint density at radius 3 is 2.61 bits per heavy atom. The van der Waals surface area contributed by atoms with Gasteiger partial charge in [-0.3, -0.25) is 9.59 Å². The first kappa shape index (κ1) is 21.2. The third-order valence-corrected chi connectivity index (χ3v) is 6.68. The molecule has 7 nitrogen and oxygen atoms in total. The second kappa shape index (κ2) is 8.73. The van der Waals surface area contributed by atoms with Crippen LogP contribution in [0.2, 0.25) is 0 Å². The van der Waals surface area contributed by atoms with Crippen molar-refractivity contribution in [2.75, 3.05) is 19.5 Å². The number of fused-ring (bicyclic) bond motifs is 2. The van der Waals surface area contributed by atoms with Gasteiger partial charge in [0, 0.05) is 29.6 Å². The van der Waals surface area contributed by atoms with E-state index in [1.54, 1.807) is 32.4 Å². The van der Waals surface area contributed by atoms with Crippen LogP contribution in [0.15, 0.2) is 42.5 Å². The summed E-state index contributed by atoms with van der Waals surface area (Å²) in [7, 11) is 3.12. The first-order valence-corrected chi connectivity index (χ1v) is 11.4. The smallest absolute Gasteiger partial charge is 0.273 e. The summed E-state index contributed by atoms with van der Waals surface area (Å²) >= 11 is 0. The molecule has 170 valence electrons. The highest BCUT2D eigenvalue weighted by Gasteiger charge is 2.38. The summed E-state index contributed by atoms with van der Waals surface area (Å²) in [6.07, 6.45) is 5.48. The molecule has 2 amide bonds. The molecule has 2 heterocycles. The summed E-state index contributed by atoms with van der Waals surface area (Å²) in [4.78, 5) is 33.6. The van der Waals surface area contributed by atoms with Crippen molar-refractivity contribution in [1.82, 2.24) is 9.88 Å². The van der Waals surface area contributed by atoms with Crippen molar-refractivity contribution in [1.29, 1.82) is 0 Å². The minimum Gasteiger partial charge on any atom is -0.497 e. The molecule has 0 saturated heterocycles. The third-order valence-electron chi connectivity index (χ3n) is 6.68. The van der Waals surface area contributed by atoms with Crippen LogP contribution in [0.25, 0.3) is 10.9 Å². The van der Waals surface area contributed by atoms with Gasteiger partial charge in [-0.25, -0.2) is 4.98 Å². The topological polar surface area (TPSA) is 80.8 Å². The predicted octanol–water partition coefficient (Wildman–Crippen LogP) is 4.79. The van der Waals surface area contributed by atoms with E-state index in [0.29, 0.717) is 46.1 Å². The van der Waals surface area contributed by atoms with Gasteiger partial charge in [-0.15, -0.1) is 0 Å². The second-order valence-corrected chi connectivity index (χ2v) is 8.58. The van der Waals surface area contributed by atoms with Crippen molar-refractivity contribution in [3.8, 4) is 11.5 Å². The van der Waals surface area contributed by atoms with Crippen LogP contribution in [0.4, 0.5) is 5.69 Å². The zero-order valence-electron chi connectivity index (χ0n) is 18.9. The average molecular weight is 446 g/mol. The monoisotopic (exact) mass is 445 g/mol. The quantitative estimate of drug-likeness (QED) is 0.611. The molecule has 1 fully saturated rings. The van der Waals surface area contributed by atoms with Gasteiger partial charge < -0.3 is 19.7 Å². The van der Waals surface area contributed by atoms with Crippen molar-refractivity contribution in [2.45, 2.75) is 44.7 Å². The zero-order chi connectivity index (χ0) is 22.9. The molecule has 0 bridgehead atoms. The van der Waals surface area contributed by atoms with Crippen molar-refractivity contribution in [2.24, 2.45) is 0 Å². The number of ether oxygens (including phenoxy) is 2. The molecule has 7 heteroatoms. The summed E-state index contributed by atoms with van der Waals surface area (Å²) in [5.74, 6) is 0.775. The van der Waals surface area contributed by atoms with Crippen molar-refractivity contribution >= 4 is 28.4 Å². The second-order valence-electron chi connectivity index (χ2n) is 8.58. The van der Waals surface area contributed by atoms with Gasteiger partial charge in [0.15, 0.2) is 0 Å². The lowest BCUT2D eigenvalue weighted by Gasteiger charge is -2.30. The number of nitrogens with zero attached hydrogens (tertiary/aromatic N) is 2. The van der Waals surface area contributed by atoms with Crippen LogP contribution in [0.5, 0.6) is 11.5 Å². The zero-order valence-corrected chi connectivity index (χ0v) is 18.9. The Kier molecular flexibility index (Phi) is 5.62. The maximum absolute atomic E-state index is 13.6. The van der Waals surface area contributed by atoms with Crippen LogP contribution in [0.3, 0.4) is 0 Å². The first-order chi connectivity index (χ1) is 16.1. The number of benzene rings is 2. The Morgan fingerprint density at radius 1 is 1.06 bits per heavy atom. The number of amides is 2. The number of para-hydroxylation sites is 1. The molecule has 1 saturated carbocycles. The van der Waals surface area contributed by atoms with Crippen molar-refractivity contribution in [3.05, 3.63) is 59.3 Å².